The van der Waals surface area contributed by atoms with Crippen LogP contribution in [0.4, 0.5) is 4.39 Å². The van der Waals surface area contributed by atoms with Gasteiger partial charge < -0.3 is 5.73 Å². The van der Waals surface area contributed by atoms with Gasteiger partial charge in [-0.15, -0.1) is 0 Å². The molecule has 0 fully saturated rings. The second-order valence-electron chi connectivity index (χ2n) is 4.18. The Morgan fingerprint density at radius 2 is 2.17 bits per heavy atom. The van der Waals surface area contributed by atoms with Crippen LogP contribution in [0.5, 0.6) is 0 Å². The molecular formula is C13H14FN3O. The van der Waals surface area contributed by atoms with Crippen LogP contribution in [0.3, 0.4) is 0 Å². The summed E-state index contributed by atoms with van der Waals surface area (Å²) in [5, 5.41) is 3.97. The zero-order valence-corrected chi connectivity index (χ0v) is 10.0. The zero-order valence-electron chi connectivity index (χ0n) is 10.0. The van der Waals surface area contributed by atoms with E-state index in [1.165, 1.54) is 16.8 Å². The molecule has 0 aliphatic rings. The summed E-state index contributed by atoms with van der Waals surface area (Å²) in [6.07, 6.45) is 1.58. The lowest BCUT2D eigenvalue weighted by molar-refractivity contribution is 0.483. The van der Waals surface area contributed by atoms with Crippen LogP contribution in [0, 0.1) is 12.7 Å². The van der Waals surface area contributed by atoms with Crippen LogP contribution >= 0.6 is 0 Å². The molecule has 1 unspecified atom stereocenters. The van der Waals surface area contributed by atoms with Gasteiger partial charge in [-0.05, 0) is 18.6 Å². The van der Waals surface area contributed by atoms with E-state index < -0.39 is 6.04 Å². The maximum absolute atomic E-state index is 13.5. The number of hydrogen-bond acceptors (Lipinski definition) is 3. The van der Waals surface area contributed by atoms with Gasteiger partial charge in [-0.1, -0.05) is 18.2 Å². The van der Waals surface area contributed by atoms with E-state index in [9.17, 15) is 9.18 Å². The van der Waals surface area contributed by atoms with Crippen LogP contribution in [0.15, 0.2) is 41.3 Å². The topological polar surface area (TPSA) is 60.9 Å². The molecule has 0 aliphatic heterocycles. The minimum atomic E-state index is -0.598. The molecule has 0 amide bonds. The highest BCUT2D eigenvalue weighted by molar-refractivity contribution is 5.20. The van der Waals surface area contributed by atoms with Crippen molar-refractivity contribution in [2.24, 2.45) is 5.73 Å². The summed E-state index contributed by atoms with van der Waals surface area (Å²) in [6, 6.07) is 7.14. The number of nitrogens with zero attached hydrogens (tertiary/aromatic N) is 2. The molecule has 0 bridgehead atoms. The van der Waals surface area contributed by atoms with Gasteiger partial charge in [-0.25, -0.2) is 9.07 Å². The molecule has 0 saturated heterocycles. The summed E-state index contributed by atoms with van der Waals surface area (Å²) in [5.41, 5.74) is 6.83. The smallest absolute Gasteiger partial charge is 0.267 e. The van der Waals surface area contributed by atoms with Gasteiger partial charge in [0, 0.05) is 11.6 Å². The molecule has 5 heteroatoms. The SMILES string of the molecule is Cc1cnn(CC(N)c2ccccc2F)c(=O)c1. The first kappa shape index (κ1) is 12.4. The highest BCUT2D eigenvalue weighted by Crippen LogP contribution is 2.15. The molecule has 18 heavy (non-hydrogen) atoms. The van der Waals surface area contributed by atoms with Crippen molar-refractivity contribution in [1.29, 1.82) is 0 Å². The summed E-state index contributed by atoms with van der Waals surface area (Å²) in [5.74, 6) is -0.370. The molecule has 2 N–H and O–H groups in total. The second-order valence-corrected chi connectivity index (χ2v) is 4.18. The van der Waals surface area contributed by atoms with Crippen LogP contribution in [0.25, 0.3) is 0 Å². The number of rotatable bonds is 3. The van der Waals surface area contributed by atoms with Crippen molar-refractivity contribution in [3.05, 3.63) is 63.8 Å². The summed E-state index contributed by atoms with van der Waals surface area (Å²) in [6.45, 7) is 1.94. The van der Waals surface area contributed by atoms with Gasteiger partial charge in [0.25, 0.3) is 5.56 Å². The Labute approximate surface area is 104 Å². The quantitative estimate of drug-likeness (QED) is 0.891. The van der Waals surface area contributed by atoms with E-state index in [0.717, 1.165) is 5.56 Å². The number of nitrogens with two attached hydrogens (primary N) is 1. The summed E-state index contributed by atoms with van der Waals surface area (Å²) in [4.78, 5) is 11.6. The fourth-order valence-corrected chi connectivity index (χ4v) is 1.72. The molecule has 1 aromatic heterocycles. The Bertz CT molecular complexity index is 609. The molecule has 1 aromatic carbocycles. The first-order chi connectivity index (χ1) is 8.58. The normalized spacial score (nSPS) is 12.4. The van der Waals surface area contributed by atoms with Crippen molar-refractivity contribution in [3.8, 4) is 0 Å². The zero-order chi connectivity index (χ0) is 13.1. The number of hydrogen-bond donors (Lipinski definition) is 1. The molecule has 0 radical (unpaired) electrons. The van der Waals surface area contributed by atoms with Crippen LogP contribution in [-0.4, -0.2) is 9.78 Å². The lowest BCUT2D eigenvalue weighted by Gasteiger charge is -2.13. The van der Waals surface area contributed by atoms with Crippen molar-refractivity contribution in [2.45, 2.75) is 19.5 Å². The molecule has 2 rings (SSSR count). The van der Waals surface area contributed by atoms with Crippen LogP contribution in [-0.2, 0) is 6.54 Å². The first-order valence-electron chi connectivity index (χ1n) is 5.61. The molecule has 0 spiro atoms. The molecule has 0 aliphatic carbocycles. The van der Waals surface area contributed by atoms with Crippen molar-refractivity contribution in [3.63, 3.8) is 0 Å². The number of benzene rings is 1. The summed E-state index contributed by atoms with van der Waals surface area (Å²) >= 11 is 0. The number of halogens is 1. The Balaban J connectivity index is 2.24. The average Bonchev–Trinajstić information content (AvgIpc) is 2.33. The van der Waals surface area contributed by atoms with Crippen LogP contribution in [0.2, 0.25) is 0 Å². The third kappa shape index (κ3) is 2.62. The minimum absolute atomic E-state index is 0.153. The largest absolute Gasteiger partial charge is 0.322 e. The Hall–Kier alpha value is -2.01. The molecule has 1 atom stereocenters. The van der Waals surface area contributed by atoms with Crippen molar-refractivity contribution >= 4 is 0 Å². The molecule has 94 valence electrons. The lowest BCUT2D eigenvalue weighted by Crippen LogP contribution is -2.28. The highest BCUT2D eigenvalue weighted by atomic mass is 19.1. The van der Waals surface area contributed by atoms with Gasteiger partial charge >= 0.3 is 0 Å². The Morgan fingerprint density at radius 1 is 1.44 bits per heavy atom. The van der Waals surface area contributed by atoms with Gasteiger partial charge in [0.2, 0.25) is 0 Å². The van der Waals surface area contributed by atoms with E-state index in [1.807, 2.05) is 0 Å². The second kappa shape index (κ2) is 5.10. The van der Waals surface area contributed by atoms with Gasteiger partial charge in [0.1, 0.15) is 5.82 Å². The van der Waals surface area contributed by atoms with Crippen molar-refractivity contribution in [2.75, 3.05) is 0 Å². The molecular weight excluding hydrogens is 233 g/mol. The van der Waals surface area contributed by atoms with E-state index >= 15 is 0 Å². The van der Waals surface area contributed by atoms with Gasteiger partial charge in [0.05, 0.1) is 18.8 Å². The lowest BCUT2D eigenvalue weighted by atomic mass is 10.1. The van der Waals surface area contributed by atoms with E-state index in [0.29, 0.717) is 5.56 Å². The number of aryl methyl sites for hydroxylation is 1. The third-order valence-electron chi connectivity index (χ3n) is 2.68. The first-order valence-corrected chi connectivity index (χ1v) is 5.61. The Kier molecular flexibility index (Phi) is 3.53. The van der Waals surface area contributed by atoms with E-state index in [2.05, 4.69) is 5.10 Å². The Morgan fingerprint density at radius 3 is 2.83 bits per heavy atom. The highest BCUT2D eigenvalue weighted by Gasteiger charge is 2.12. The molecule has 1 heterocycles. The van der Waals surface area contributed by atoms with E-state index in [1.54, 1.807) is 31.3 Å². The fraction of sp³-hybridized carbons (Fsp3) is 0.231. The van der Waals surface area contributed by atoms with Crippen LogP contribution < -0.4 is 11.3 Å². The van der Waals surface area contributed by atoms with Crippen LogP contribution in [0.1, 0.15) is 17.2 Å². The minimum Gasteiger partial charge on any atom is -0.322 e. The van der Waals surface area contributed by atoms with E-state index in [4.69, 9.17) is 5.73 Å². The average molecular weight is 247 g/mol. The maximum Gasteiger partial charge on any atom is 0.267 e. The monoisotopic (exact) mass is 247 g/mol. The van der Waals surface area contributed by atoms with Gasteiger partial charge in [-0.3, -0.25) is 4.79 Å². The predicted molar refractivity (Wildman–Crippen MR) is 66.6 cm³/mol. The predicted octanol–water partition coefficient (Wildman–Crippen LogP) is 1.39. The standard InChI is InChI=1S/C13H14FN3O/c1-9-6-13(18)17(16-7-9)8-12(15)10-4-2-3-5-11(10)14/h2-7,12H,8,15H2,1H3. The number of aromatic nitrogens is 2. The third-order valence-corrected chi connectivity index (χ3v) is 2.68. The summed E-state index contributed by atoms with van der Waals surface area (Å²) < 4.78 is 14.8. The molecule has 0 saturated carbocycles. The van der Waals surface area contributed by atoms with Gasteiger partial charge in [0.15, 0.2) is 0 Å². The maximum atomic E-state index is 13.5. The fourth-order valence-electron chi connectivity index (χ4n) is 1.72. The van der Waals surface area contributed by atoms with Crippen molar-refractivity contribution in [1.82, 2.24) is 9.78 Å². The van der Waals surface area contributed by atoms with E-state index in [-0.39, 0.29) is 17.9 Å². The molecule has 2 aromatic rings. The molecule has 4 nitrogen and oxygen atoms in total. The summed E-state index contributed by atoms with van der Waals surface area (Å²) in [7, 11) is 0. The van der Waals surface area contributed by atoms with Crippen molar-refractivity contribution < 1.29 is 4.39 Å². The van der Waals surface area contributed by atoms with Gasteiger partial charge in [-0.2, -0.15) is 5.10 Å².